The second-order valence-corrected chi connectivity index (χ2v) is 4.76. The first-order chi connectivity index (χ1) is 7.97. The summed E-state index contributed by atoms with van der Waals surface area (Å²) in [4.78, 5) is 10.5. The number of thioether (sulfide) groups is 1. The van der Waals surface area contributed by atoms with Crippen molar-refractivity contribution < 1.29 is 29.6 Å². The second-order valence-electron chi connectivity index (χ2n) is 3.73. The molecule has 0 saturated carbocycles. The predicted molar refractivity (Wildman–Crippen MR) is 60.2 cm³/mol. The molecule has 5 N–H and O–H groups in total. The highest BCUT2D eigenvalue weighted by molar-refractivity contribution is 7.99. The summed E-state index contributed by atoms with van der Waals surface area (Å²) in [6.07, 6.45) is -5.58. The summed E-state index contributed by atoms with van der Waals surface area (Å²) in [6, 6.07) is 0. The van der Waals surface area contributed by atoms with Gasteiger partial charge in [0.25, 0.3) is 0 Å². The lowest BCUT2D eigenvalue weighted by molar-refractivity contribution is -0.284. The van der Waals surface area contributed by atoms with Crippen molar-refractivity contribution in [2.24, 2.45) is 5.73 Å². The van der Waals surface area contributed by atoms with E-state index in [-0.39, 0.29) is 11.5 Å². The Hall–Kier alpha value is -0.380. The Morgan fingerprint density at radius 3 is 2.53 bits per heavy atom. The number of nitrogens with two attached hydrogens (primary N) is 1. The fourth-order valence-electron chi connectivity index (χ4n) is 1.52. The molecule has 0 bridgehead atoms. The van der Waals surface area contributed by atoms with Crippen LogP contribution in [0.2, 0.25) is 0 Å². The molecule has 0 radical (unpaired) electrons. The molecule has 0 aromatic carbocycles. The van der Waals surface area contributed by atoms with E-state index in [2.05, 4.69) is 0 Å². The number of hydrogen-bond acceptors (Lipinski definition) is 7. The molecule has 0 aromatic rings. The number of aliphatic hydroxyl groups is 3. The monoisotopic (exact) mass is 267 g/mol. The molecule has 1 aliphatic rings. The van der Waals surface area contributed by atoms with Gasteiger partial charge in [0.05, 0.1) is 11.9 Å². The molecule has 5 atom stereocenters. The van der Waals surface area contributed by atoms with Gasteiger partial charge >= 0.3 is 0 Å². The fraction of sp³-hybridized carbons (Fsp3) is 0.889. The first-order valence-electron chi connectivity index (χ1n) is 5.06. The van der Waals surface area contributed by atoms with E-state index in [9.17, 15) is 20.1 Å². The fourth-order valence-corrected chi connectivity index (χ4v) is 2.35. The Morgan fingerprint density at radius 2 is 2.00 bits per heavy atom. The Balaban J connectivity index is 2.50. The van der Waals surface area contributed by atoms with Gasteiger partial charge in [-0.3, -0.25) is 4.79 Å². The molecule has 1 rings (SSSR count). The Labute approximate surface area is 103 Å². The maximum Gasteiger partial charge on any atom is 0.227 e. The standard InChI is InChI=1S/C9H17NO6S/c1-15-9-8(14)7(13)6(12)4(16-9)2-17-3-5(10)11/h4,6-9,12-14H,2-3H2,1H3,(H2,10,11)/t4?,6-,7?,8?,9-/m0/s1. The highest BCUT2D eigenvalue weighted by Crippen LogP contribution is 2.23. The minimum Gasteiger partial charge on any atom is -0.388 e. The number of hydrogen-bond donors (Lipinski definition) is 4. The van der Waals surface area contributed by atoms with Gasteiger partial charge in [-0.2, -0.15) is 0 Å². The highest BCUT2D eigenvalue weighted by Gasteiger charge is 2.43. The third-order valence-electron chi connectivity index (χ3n) is 2.43. The molecular formula is C9H17NO6S. The lowest BCUT2D eigenvalue weighted by atomic mass is 10.00. The van der Waals surface area contributed by atoms with Gasteiger partial charge in [0.2, 0.25) is 5.91 Å². The van der Waals surface area contributed by atoms with E-state index in [1.165, 1.54) is 18.9 Å². The van der Waals surface area contributed by atoms with Crippen molar-refractivity contribution in [2.45, 2.75) is 30.7 Å². The molecule has 1 amide bonds. The van der Waals surface area contributed by atoms with Crippen molar-refractivity contribution in [3.05, 3.63) is 0 Å². The summed E-state index contributed by atoms with van der Waals surface area (Å²) in [5, 5.41) is 28.7. The van der Waals surface area contributed by atoms with Gasteiger partial charge in [-0.25, -0.2) is 0 Å². The quantitative estimate of drug-likeness (QED) is 0.440. The molecule has 1 saturated heterocycles. The first-order valence-corrected chi connectivity index (χ1v) is 6.21. The van der Waals surface area contributed by atoms with E-state index in [1.54, 1.807) is 0 Å². The topological polar surface area (TPSA) is 122 Å². The number of rotatable bonds is 5. The zero-order valence-corrected chi connectivity index (χ0v) is 10.2. The van der Waals surface area contributed by atoms with Crippen LogP contribution in [0, 0.1) is 0 Å². The van der Waals surface area contributed by atoms with Gasteiger partial charge in [-0.1, -0.05) is 0 Å². The summed E-state index contributed by atoms with van der Waals surface area (Å²) in [5.41, 5.74) is 4.97. The molecule has 0 aliphatic carbocycles. The van der Waals surface area contributed by atoms with Crippen molar-refractivity contribution in [3.63, 3.8) is 0 Å². The Morgan fingerprint density at radius 1 is 1.35 bits per heavy atom. The molecule has 100 valence electrons. The van der Waals surface area contributed by atoms with Crippen LogP contribution in [-0.4, -0.2) is 70.5 Å². The number of primary amides is 1. The third-order valence-corrected chi connectivity index (χ3v) is 3.48. The van der Waals surface area contributed by atoms with Crippen molar-refractivity contribution in [2.75, 3.05) is 18.6 Å². The molecule has 3 unspecified atom stereocenters. The molecule has 0 spiro atoms. The smallest absolute Gasteiger partial charge is 0.227 e. The van der Waals surface area contributed by atoms with Gasteiger partial charge in [-0.05, 0) is 0 Å². The van der Waals surface area contributed by atoms with Crippen LogP contribution < -0.4 is 5.73 Å². The van der Waals surface area contributed by atoms with Gasteiger partial charge in [0.1, 0.15) is 18.3 Å². The van der Waals surface area contributed by atoms with Crippen LogP contribution in [0.3, 0.4) is 0 Å². The minimum absolute atomic E-state index is 0.100. The van der Waals surface area contributed by atoms with E-state index in [1.807, 2.05) is 0 Å². The molecule has 0 aromatic heterocycles. The summed E-state index contributed by atoms with van der Waals surface area (Å²) < 4.78 is 10.1. The Kier molecular flexibility index (Phi) is 5.63. The lowest BCUT2D eigenvalue weighted by Gasteiger charge is -2.39. The first kappa shape index (κ1) is 14.7. The van der Waals surface area contributed by atoms with E-state index in [0.717, 1.165) is 0 Å². The van der Waals surface area contributed by atoms with Gasteiger partial charge in [0.15, 0.2) is 6.29 Å². The third kappa shape index (κ3) is 3.80. The van der Waals surface area contributed by atoms with Crippen LogP contribution in [0.4, 0.5) is 0 Å². The number of amides is 1. The average molecular weight is 267 g/mol. The van der Waals surface area contributed by atoms with Crippen LogP contribution in [0.25, 0.3) is 0 Å². The molecular weight excluding hydrogens is 250 g/mol. The van der Waals surface area contributed by atoms with Crippen LogP contribution >= 0.6 is 11.8 Å². The maximum atomic E-state index is 10.5. The number of ether oxygens (including phenoxy) is 2. The zero-order chi connectivity index (χ0) is 13.0. The van der Waals surface area contributed by atoms with Crippen molar-refractivity contribution in [1.29, 1.82) is 0 Å². The van der Waals surface area contributed by atoms with E-state index >= 15 is 0 Å². The Bertz CT molecular complexity index is 264. The van der Waals surface area contributed by atoms with Crippen molar-refractivity contribution in [1.82, 2.24) is 0 Å². The summed E-state index contributed by atoms with van der Waals surface area (Å²) >= 11 is 1.18. The van der Waals surface area contributed by atoms with Gasteiger partial charge in [-0.15, -0.1) is 11.8 Å². The van der Waals surface area contributed by atoms with Crippen LogP contribution in [0.5, 0.6) is 0 Å². The lowest BCUT2D eigenvalue weighted by Crippen LogP contribution is -2.58. The molecule has 7 nitrogen and oxygen atoms in total. The maximum absolute atomic E-state index is 10.5. The van der Waals surface area contributed by atoms with E-state index in [0.29, 0.717) is 0 Å². The minimum atomic E-state index is -1.34. The normalized spacial score (nSPS) is 38.0. The zero-order valence-electron chi connectivity index (χ0n) is 9.35. The molecule has 17 heavy (non-hydrogen) atoms. The summed E-state index contributed by atoms with van der Waals surface area (Å²) in [5.74, 6) is -0.0967. The van der Waals surface area contributed by atoms with E-state index < -0.39 is 36.6 Å². The largest absolute Gasteiger partial charge is 0.388 e. The SMILES string of the molecule is CO[C@H]1OC(CSCC(N)=O)[C@H](O)C(O)C1O. The van der Waals surface area contributed by atoms with E-state index in [4.69, 9.17) is 15.2 Å². The number of carbonyl (C=O) groups excluding carboxylic acids is 1. The van der Waals surface area contributed by atoms with Crippen molar-refractivity contribution in [3.8, 4) is 0 Å². The van der Waals surface area contributed by atoms with Crippen LogP contribution in [0.15, 0.2) is 0 Å². The number of methoxy groups -OCH3 is 1. The molecule has 8 heteroatoms. The summed E-state index contributed by atoms with van der Waals surface area (Å²) in [7, 11) is 1.33. The van der Waals surface area contributed by atoms with Gasteiger partial charge in [0, 0.05) is 12.9 Å². The van der Waals surface area contributed by atoms with Crippen LogP contribution in [0.1, 0.15) is 0 Å². The van der Waals surface area contributed by atoms with Crippen LogP contribution in [-0.2, 0) is 14.3 Å². The average Bonchev–Trinajstić information content (AvgIpc) is 2.29. The van der Waals surface area contributed by atoms with Crippen molar-refractivity contribution >= 4 is 17.7 Å². The predicted octanol–water partition coefficient (Wildman–Crippen LogP) is -2.34. The molecule has 1 fully saturated rings. The highest BCUT2D eigenvalue weighted by atomic mass is 32.2. The molecule has 1 aliphatic heterocycles. The molecule has 1 heterocycles. The second kappa shape index (κ2) is 6.53. The number of carbonyl (C=O) groups is 1. The number of aliphatic hydroxyl groups excluding tert-OH is 3. The summed E-state index contributed by atoms with van der Waals surface area (Å²) in [6.45, 7) is 0. The van der Waals surface area contributed by atoms with Gasteiger partial charge < -0.3 is 30.5 Å².